The lowest BCUT2D eigenvalue weighted by atomic mass is 9.90. The van der Waals surface area contributed by atoms with Gasteiger partial charge >= 0.3 is 11.9 Å². The van der Waals surface area contributed by atoms with Gasteiger partial charge in [0, 0.05) is 19.4 Å². The van der Waals surface area contributed by atoms with Crippen LogP contribution in [0.1, 0.15) is 42.6 Å². The maximum atomic E-state index is 11.5. The molecule has 3 rings (SSSR count). The van der Waals surface area contributed by atoms with Crippen molar-refractivity contribution in [1.82, 2.24) is 0 Å². The third-order valence-corrected chi connectivity index (χ3v) is 4.94. The molecule has 0 saturated heterocycles. The fourth-order valence-electron chi connectivity index (χ4n) is 3.60. The first-order chi connectivity index (χ1) is 15.4. The topological polar surface area (TPSA) is 97.4 Å². The summed E-state index contributed by atoms with van der Waals surface area (Å²) in [4.78, 5) is 33.6. The number of hydrogen-bond acceptors (Lipinski definition) is 8. The van der Waals surface area contributed by atoms with Gasteiger partial charge in [-0.1, -0.05) is 12.1 Å². The molecule has 2 atom stereocenters. The molecular weight excluding hydrogens is 416 g/mol. The van der Waals surface area contributed by atoms with Crippen molar-refractivity contribution in [2.45, 2.75) is 25.9 Å². The summed E-state index contributed by atoms with van der Waals surface area (Å²) < 4.78 is 27.7. The molecule has 1 heterocycles. The Morgan fingerprint density at radius 1 is 1.00 bits per heavy atom. The first-order valence-electron chi connectivity index (χ1n) is 9.88. The van der Waals surface area contributed by atoms with E-state index in [1.165, 1.54) is 34.1 Å². The van der Waals surface area contributed by atoms with E-state index in [1.807, 2.05) is 6.07 Å². The number of benzene rings is 2. The summed E-state index contributed by atoms with van der Waals surface area (Å²) >= 11 is 0. The molecule has 0 unspecified atom stereocenters. The number of fused-ring (bicyclic) bond motifs is 1. The predicted molar refractivity (Wildman–Crippen MR) is 115 cm³/mol. The molecule has 0 bridgehead atoms. The van der Waals surface area contributed by atoms with Crippen LogP contribution in [-0.4, -0.2) is 39.1 Å². The Kier molecular flexibility index (Phi) is 7.14. The van der Waals surface area contributed by atoms with Crippen LogP contribution in [0.5, 0.6) is 23.0 Å². The number of rotatable bonds is 8. The molecule has 0 fully saturated rings. The zero-order valence-electron chi connectivity index (χ0n) is 18.2. The highest BCUT2D eigenvalue weighted by molar-refractivity contribution is 5.75. The number of carbonyl (C=O) groups is 3. The number of aldehydes is 1. The molecule has 0 amide bonds. The lowest BCUT2D eigenvalue weighted by Gasteiger charge is -2.20. The van der Waals surface area contributed by atoms with Gasteiger partial charge < -0.3 is 23.7 Å². The highest BCUT2D eigenvalue weighted by Gasteiger charge is 2.39. The Labute approximate surface area is 185 Å². The number of hydrogen-bond donors (Lipinski definition) is 0. The molecule has 32 heavy (non-hydrogen) atoms. The van der Waals surface area contributed by atoms with Gasteiger partial charge in [0.15, 0.2) is 23.0 Å². The third kappa shape index (κ3) is 4.91. The van der Waals surface area contributed by atoms with Crippen LogP contribution < -0.4 is 18.9 Å². The molecule has 1 aliphatic rings. The summed E-state index contributed by atoms with van der Waals surface area (Å²) in [5, 5.41) is 0. The molecule has 8 heteroatoms. The molecule has 0 aliphatic carbocycles. The molecule has 8 nitrogen and oxygen atoms in total. The van der Waals surface area contributed by atoms with E-state index in [-0.39, 0.29) is 18.3 Å². The number of allylic oxidation sites excluding steroid dienone is 1. The maximum Gasteiger partial charge on any atom is 0.308 e. The summed E-state index contributed by atoms with van der Waals surface area (Å²) in [6.07, 6.45) is 3.20. The molecule has 0 spiro atoms. The number of esters is 2. The zero-order valence-corrected chi connectivity index (χ0v) is 18.2. The Morgan fingerprint density at radius 2 is 1.75 bits per heavy atom. The van der Waals surface area contributed by atoms with Crippen molar-refractivity contribution in [3.8, 4) is 23.0 Å². The summed E-state index contributed by atoms with van der Waals surface area (Å²) in [5.74, 6) is 0.446. The van der Waals surface area contributed by atoms with E-state index in [2.05, 4.69) is 0 Å². The highest BCUT2D eigenvalue weighted by atomic mass is 16.6. The van der Waals surface area contributed by atoms with E-state index in [1.54, 1.807) is 30.3 Å². The normalized spacial score (nSPS) is 16.8. The van der Waals surface area contributed by atoms with E-state index in [0.29, 0.717) is 23.5 Å². The van der Waals surface area contributed by atoms with Gasteiger partial charge in [0.2, 0.25) is 0 Å². The summed E-state index contributed by atoms with van der Waals surface area (Å²) in [6, 6.07) is 8.73. The lowest BCUT2D eigenvalue weighted by Crippen LogP contribution is -2.17. The molecule has 168 valence electrons. The van der Waals surface area contributed by atoms with Crippen LogP contribution in [0.4, 0.5) is 0 Å². The van der Waals surface area contributed by atoms with Crippen molar-refractivity contribution >= 4 is 24.3 Å². The van der Waals surface area contributed by atoms with Crippen LogP contribution in [0.15, 0.2) is 36.4 Å². The lowest BCUT2D eigenvalue weighted by molar-refractivity contribution is -0.142. The second-order valence-corrected chi connectivity index (χ2v) is 7.09. The Balaban J connectivity index is 2.06. The molecular formula is C24H24O8. The average molecular weight is 440 g/mol. The van der Waals surface area contributed by atoms with Crippen LogP contribution in [0, 0.1) is 0 Å². The minimum absolute atomic E-state index is 0.0744. The van der Waals surface area contributed by atoms with Crippen molar-refractivity contribution in [3.05, 3.63) is 53.1 Å². The Hall–Kier alpha value is -3.81. The van der Waals surface area contributed by atoms with Crippen molar-refractivity contribution in [2.75, 3.05) is 20.8 Å². The van der Waals surface area contributed by atoms with Gasteiger partial charge in [0.1, 0.15) is 19.0 Å². The van der Waals surface area contributed by atoms with Gasteiger partial charge in [-0.3, -0.25) is 14.4 Å². The molecule has 0 N–H and O–H groups in total. The SMILES string of the molecule is COc1cc([C@@H]2Oc3c(OC)cc(/C=C/C=O)cc3[C@H]2COC(C)=O)ccc1OC(C)=O. The third-order valence-electron chi connectivity index (χ3n) is 4.94. The van der Waals surface area contributed by atoms with Crippen LogP contribution >= 0.6 is 0 Å². The zero-order chi connectivity index (χ0) is 23.3. The van der Waals surface area contributed by atoms with Gasteiger partial charge in [0.25, 0.3) is 0 Å². The maximum absolute atomic E-state index is 11.5. The second-order valence-electron chi connectivity index (χ2n) is 7.09. The van der Waals surface area contributed by atoms with Crippen LogP contribution in [0.25, 0.3) is 6.08 Å². The standard InChI is InChI=1S/C24H24O8/c1-14(26)30-13-19-18-10-16(6-5-9-25)11-22(29-4)24(18)32-23(19)17-7-8-20(31-15(2)27)21(12-17)28-3/h5-12,19,23H,13H2,1-4H3/b6-5+/t19-,23+/m1/s1. The molecule has 1 aliphatic heterocycles. The van der Waals surface area contributed by atoms with Crippen molar-refractivity contribution < 1.29 is 38.1 Å². The summed E-state index contributed by atoms with van der Waals surface area (Å²) in [6.45, 7) is 2.72. The van der Waals surface area contributed by atoms with Crippen LogP contribution in [-0.2, 0) is 19.1 Å². The average Bonchev–Trinajstić information content (AvgIpc) is 3.13. The summed E-state index contributed by atoms with van der Waals surface area (Å²) in [5.41, 5.74) is 2.26. The van der Waals surface area contributed by atoms with Gasteiger partial charge in [-0.05, 0) is 41.5 Å². The summed E-state index contributed by atoms with van der Waals surface area (Å²) in [7, 11) is 3.00. The van der Waals surface area contributed by atoms with E-state index < -0.39 is 18.0 Å². The molecule has 0 radical (unpaired) electrons. The Morgan fingerprint density at radius 3 is 2.38 bits per heavy atom. The molecule has 0 aromatic heterocycles. The number of ether oxygens (including phenoxy) is 5. The Bertz CT molecular complexity index is 1060. The smallest absolute Gasteiger partial charge is 0.308 e. The van der Waals surface area contributed by atoms with Gasteiger partial charge in [-0.15, -0.1) is 0 Å². The van der Waals surface area contributed by atoms with Gasteiger partial charge in [0.05, 0.1) is 20.1 Å². The predicted octanol–water partition coefficient (Wildman–Crippen LogP) is 3.62. The quantitative estimate of drug-likeness (QED) is 0.266. The first kappa shape index (κ1) is 22.9. The first-order valence-corrected chi connectivity index (χ1v) is 9.88. The van der Waals surface area contributed by atoms with E-state index >= 15 is 0 Å². The molecule has 2 aromatic carbocycles. The number of carbonyl (C=O) groups excluding carboxylic acids is 3. The fourth-order valence-corrected chi connectivity index (χ4v) is 3.60. The van der Waals surface area contributed by atoms with Crippen LogP contribution in [0.2, 0.25) is 0 Å². The molecule has 0 saturated carbocycles. The minimum Gasteiger partial charge on any atom is -0.493 e. The van der Waals surface area contributed by atoms with Gasteiger partial charge in [-0.25, -0.2) is 0 Å². The van der Waals surface area contributed by atoms with Crippen molar-refractivity contribution in [3.63, 3.8) is 0 Å². The monoisotopic (exact) mass is 440 g/mol. The van der Waals surface area contributed by atoms with E-state index in [0.717, 1.165) is 16.7 Å². The fraction of sp³-hybridized carbons (Fsp3) is 0.292. The van der Waals surface area contributed by atoms with Gasteiger partial charge in [-0.2, -0.15) is 0 Å². The minimum atomic E-state index is -0.524. The number of methoxy groups -OCH3 is 2. The second kappa shape index (κ2) is 10.00. The van der Waals surface area contributed by atoms with Crippen molar-refractivity contribution in [2.24, 2.45) is 0 Å². The highest BCUT2D eigenvalue weighted by Crippen LogP contribution is 2.51. The molecule has 2 aromatic rings. The van der Waals surface area contributed by atoms with Crippen LogP contribution in [0.3, 0.4) is 0 Å². The van der Waals surface area contributed by atoms with E-state index in [9.17, 15) is 14.4 Å². The van der Waals surface area contributed by atoms with E-state index in [4.69, 9.17) is 23.7 Å². The van der Waals surface area contributed by atoms with Crippen molar-refractivity contribution in [1.29, 1.82) is 0 Å². The largest absolute Gasteiger partial charge is 0.493 e.